The van der Waals surface area contributed by atoms with Crippen LogP contribution in [0.15, 0.2) is 0 Å². The molecule has 1 saturated heterocycles. The second kappa shape index (κ2) is 3.66. The van der Waals surface area contributed by atoms with Gasteiger partial charge in [0.2, 0.25) is 0 Å². The van der Waals surface area contributed by atoms with Crippen LogP contribution in [0.5, 0.6) is 0 Å². The maximum atomic E-state index is 12.4. The van der Waals surface area contributed by atoms with E-state index in [1.54, 1.807) is 0 Å². The lowest BCUT2D eigenvalue weighted by Crippen LogP contribution is -2.52. The van der Waals surface area contributed by atoms with E-state index in [1.165, 1.54) is 6.92 Å². The molecule has 1 rings (SSSR count). The van der Waals surface area contributed by atoms with E-state index in [9.17, 15) is 8.78 Å². The molecule has 2 nitrogen and oxygen atoms in total. The molecule has 72 valence electrons. The summed E-state index contributed by atoms with van der Waals surface area (Å²) < 4.78 is 29.9. The topological polar surface area (TPSA) is 35.2 Å². The lowest BCUT2D eigenvalue weighted by molar-refractivity contribution is -0.0201. The van der Waals surface area contributed by atoms with Gasteiger partial charge in [-0.1, -0.05) is 0 Å². The zero-order chi connectivity index (χ0) is 9.19. The van der Waals surface area contributed by atoms with Gasteiger partial charge in [-0.15, -0.1) is 0 Å². The van der Waals surface area contributed by atoms with E-state index in [4.69, 9.17) is 10.5 Å². The zero-order valence-electron chi connectivity index (χ0n) is 7.22. The molecular weight excluding hydrogens is 164 g/mol. The van der Waals surface area contributed by atoms with Crippen LogP contribution < -0.4 is 5.73 Å². The summed E-state index contributed by atoms with van der Waals surface area (Å²) in [5, 5.41) is 0. The van der Waals surface area contributed by atoms with Crippen LogP contribution in [-0.2, 0) is 4.74 Å². The average molecular weight is 179 g/mol. The van der Waals surface area contributed by atoms with Crippen molar-refractivity contribution in [3.8, 4) is 0 Å². The zero-order valence-corrected chi connectivity index (χ0v) is 7.22. The second-order valence-electron chi connectivity index (χ2n) is 3.55. The van der Waals surface area contributed by atoms with Crippen LogP contribution in [0.25, 0.3) is 0 Å². The minimum Gasteiger partial charge on any atom is -0.381 e. The Kier molecular flexibility index (Phi) is 3.01. The first kappa shape index (κ1) is 9.86. The highest BCUT2D eigenvalue weighted by Crippen LogP contribution is 2.29. The molecule has 0 aromatic carbocycles. The Bertz CT molecular complexity index is 144. The minimum absolute atomic E-state index is 0.105. The fraction of sp³-hybridized carbons (Fsp3) is 1.00. The highest BCUT2D eigenvalue weighted by Gasteiger charge is 2.39. The molecule has 4 heteroatoms. The van der Waals surface area contributed by atoms with Gasteiger partial charge in [-0.3, -0.25) is 0 Å². The molecule has 0 aliphatic carbocycles. The maximum Gasteiger partial charge on any atom is 0.256 e. The molecule has 1 aliphatic rings. The molecule has 0 radical (unpaired) electrons. The third-order valence-corrected chi connectivity index (χ3v) is 2.57. The van der Waals surface area contributed by atoms with Gasteiger partial charge in [0.15, 0.2) is 0 Å². The molecule has 1 heterocycles. The van der Waals surface area contributed by atoms with E-state index < -0.39 is 12.0 Å². The first-order valence-corrected chi connectivity index (χ1v) is 4.20. The Morgan fingerprint density at radius 2 is 1.92 bits per heavy atom. The van der Waals surface area contributed by atoms with Gasteiger partial charge in [0.05, 0.1) is 5.54 Å². The summed E-state index contributed by atoms with van der Waals surface area (Å²) in [5.74, 6) is -0.105. The largest absolute Gasteiger partial charge is 0.381 e. The lowest BCUT2D eigenvalue weighted by atomic mass is 9.81. The predicted molar refractivity (Wildman–Crippen MR) is 42.1 cm³/mol. The number of hydrogen-bond acceptors (Lipinski definition) is 2. The first-order valence-electron chi connectivity index (χ1n) is 4.20. The van der Waals surface area contributed by atoms with Crippen molar-refractivity contribution in [3.63, 3.8) is 0 Å². The van der Waals surface area contributed by atoms with Crippen LogP contribution in [0.2, 0.25) is 0 Å². The highest BCUT2D eigenvalue weighted by molar-refractivity contribution is 4.90. The summed E-state index contributed by atoms with van der Waals surface area (Å²) in [4.78, 5) is 0. The van der Waals surface area contributed by atoms with Crippen molar-refractivity contribution in [1.29, 1.82) is 0 Å². The second-order valence-corrected chi connectivity index (χ2v) is 3.55. The summed E-state index contributed by atoms with van der Waals surface area (Å²) in [7, 11) is 0. The number of ether oxygens (including phenoxy) is 1. The maximum absolute atomic E-state index is 12.4. The molecule has 1 unspecified atom stereocenters. The molecule has 0 spiro atoms. The Labute approximate surface area is 71.1 Å². The number of halogens is 2. The van der Waals surface area contributed by atoms with Crippen molar-refractivity contribution in [3.05, 3.63) is 0 Å². The summed E-state index contributed by atoms with van der Waals surface area (Å²) in [6.45, 7) is 2.54. The van der Waals surface area contributed by atoms with Gasteiger partial charge in [0.25, 0.3) is 6.43 Å². The van der Waals surface area contributed by atoms with Crippen LogP contribution >= 0.6 is 0 Å². The van der Waals surface area contributed by atoms with Gasteiger partial charge in [0.1, 0.15) is 0 Å². The molecule has 2 N–H and O–H groups in total. The molecule has 12 heavy (non-hydrogen) atoms. The molecule has 0 bridgehead atoms. The van der Waals surface area contributed by atoms with Crippen LogP contribution in [0.3, 0.4) is 0 Å². The van der Waals surface area contributed by atoms with E-state index in [0.29, 0.717) is 26.1 Å². The molecule has 0 aromatic rings. The van der Waals surface area contributed by atoms with E-state index in [1.807, 2.05) is 0 Å². The summed E-state index contributed by atoms with van der Waals surface area (Å²) in [6.07, 6.45) is -1.14. The average Bonchev–Trinajstić information content (AvgIpc) is 2.06. The SMILES string of the molecule is CC(N)(C(F)F)C1CCOCC1. The molecule has 0 saturated carbocycles. The molecular formula is C8H15F2NO. The van der Waals surface area contributed by atoms with E-state index >= 15 is 0 Å². The molecule has 1 atom stereocenters. The van der Waals surface area contributed by atoms with Gasteiger partial charge in [-0.2, -0.15) is 0 Å². The number of rotatable bonds is 2. The van der Waals surface area contributed by atoms with Gasteiger partial charge in [0, 0.05) is 13.2 Å². The summed E-state index contributed by atoms with van der Waals surface area (Å²) in [5.41, 5.74) is 4.19. The normalized spacial score (nSPS) is 25.8. The van der Waals surface area contributed by atoms with E-state index in [-0.39, 0.29) is 5.92 Å². The van der Waals surface area contributed by atoms with Gasteiger partial charge >= 0.3 is 0 Å². The standard InChI is InChI=1S/C8H15F2NO/c1-8(11,7(9)10)6-2-4-12-5-3-6/h6-7H,2-5,11H2,1H3. The number of nitrogens with two attached hydrogens (primary N) is 1. The third-order valence-electron chi connectivity index (χ3n) is 2.57. The van der Waals surface area contributed by atoms with Crippen molar-refractivity contribution >= 4 is 0 Å². The van der Waals surface area contributed by atoms with Crippen LogP contribution in [0.4, 0.5) is 8.78 Å². The highest BCUT2D eigenvalue weighted by atomic mass is 19.3. The molecule has 0 amide bonds. The Morgan fingerprint density at radius 1 is 1.42 bits per heavy atom. The smallest absolute Gasteiger partial charge is 0.256 e. The number of alkyl halides is 2. The Balaban J connectivity index is 2.53. The van der Waals surface area contributed by atoms with E-state index in [0.717, 1.165) is 0 Å². The number of hydrogen-bond donors (Lipinski definition) is 1. The molecule has 1 fully saturated rings. The van der Waals surface area contributed by atoms with Crippen molar-refractivity contribution < 1.29 is 13.5 Å². The Morgan fingerprint density at radius 3 is 2.33 bits per heavy atom. The summed E-state index contributed by atoms with van der Waals surface area (Å²) in [6, 6.07) is 0. The van der Waals surface area contributed by atoms with Crippen LogP contribution in [-0.4, -0.2) is 25.2 Å². The lowest BCUT2D eigenvalue weighted by Gasteiger charge is -2.35. The van der Waals surface area contributed by atoms with Gasteiger partial charge in [-0.05, 0) is 25.7 Å². The third kappa shape index (κ3) is 1.93. The van der Waals surface area contributed by atoms with Crippen LogP contribution in [0, 0.1) is 5.92 Å². The van der Waals surface area contributed by atoms with Gasteiger partial charge in [-0.25, -0.2) is 8.78 Å². The van der Waals surface area contributed by atoms with Crippen molar-refractivity contribution in [1.82, 2.24) is 0 Å². The predicted octanol–water partition coefficient (Wildman–Crippen LogP) is 1.40. The van der Waals surface area contributed by atoms with Crippen molar-refractivity contribution in [2.24, 2.45) is 11.7 Å². The first-order chi connectivity index (χ1) is 5.55. The molecule has 0 aromatic heterocycles. The van der Waals surface area contributed by atoms with Crippen molar-refractivity contribution in [2.75, 3.05) is 13.2 Å². The summed E-state index contributed by atoms with van der Waals surface area (Å²) >= 11 is 0. The fourth-order valence-corrected chi connectivity index (χ4v) is 1.50. The van der Waals surface area contributed by atoms with Crippen LogP contribution in [0.1, 0.15) is 19.8 Å². The van der Waals surface area contributed by atoms with Gasteiger partial charge < -0.3 is 10.5 Å². The Hall–Kier alpha value is -0.220. The quantitative estimate of drug-likeness (QED) is 0.695. The monoisotopic (exact) mass is 179 g/mol. The minimum atomic E-state index is -2.44. The van der Waals surface area contributed by atoms with E-state index in [2.05, 4.69) is 0 Å². The molecule has 1 aliphatic heterocycles. The fourth-order valence-electron chi connectivity index (χ4n) is 1.50. The van der Waals surface area contributed by atoms with Crippen molar-refractivity contribution in [2.45, 2.75) is 31.7 Å².